The molecule has 2 rings (SSSR count). The molecule has 1 heterocycles. The summed E-state index contributed by atoms with van der Waals surface area (Å²) in [6.45, 7) is 4.46. The van der Waals surface area contributed by atoms with Crippen molar-refractivity contribution in [2.75, 3.05) is 0 Å². The van der Waals surface area contributed by atoms with Gasteiger partial charge in [0.05, 0.1) is 5.56 Å². The Labute approximate surface area is 110 Å². The SMILES string of the molecule is CC1CCC(NC(=O)c2ccc(Br)nc2)C1C. The zero-order chi connectivity index (χ0) is 12.4. The molecule has 3 unspecified atom stereocenters. The maximum absolute atomic E-state index is 12.0. The number of pyridine rings is 1. The lowest BCUT2D eigenvalue weighted by atomic mass is 9.97. The van der Waals surface area contributed by atoms with Gasteiger partial charge in [-0.1, -0.05) is 13.8 Å². The Morgan fingerprint density at radius 2 is 2.18 bits per heavy atom. The summed E-state index contributed by atoms with van der Waals surface area (Å²) in [7, 11) is 0. The minimum absolute atomic E-state index is 0.0176. The Kier molecular flexibility index (Phi) is 3.82. The lowest BCUT2D eigenvalue weighted by Gasteiger charge is -2.19. The third-order valence-electron chi connectivity index (χ3n) is 3.77. The molecule has 1 saturated carbocycles. The van der Waals surface area contributed by atoms with E-state index in [-0.39, 0.29) is 5.91 Å². The van der Waals surface area contributed by atoms with E-state index < -0.39 is 0 Å². The van der Waals surface area contributed by atoms with Crippen LogP contribution in [0.4, 0.5) is 0 Å². The van der Waals surface area contributed by atoms with E-state index in [9.17, 15) is 4.79 Å². The second-order valence-electron chi connectivity index (χ2n) is 4.86. The van der Waals surface area contributed by atoms with E-state index in [2.05, 4.69) is 40.1 Å². The van der Waals surface area contributed by atoms with Crippen LogP contribution >= 0.6 is 15.9 Å². The maximum atomic E-state index is 12.0. The van der Waals surface area contributed by atoms with Crippen LogP contribution < -0.4 is 5.32 Å². The zero-order valence-electron chi connectivity index (χ0n) is 10.1. The average molecular weight is 297 g/mol. The molecular weight excluding hydrogens is 280 g/mol. The van der Waals surface area contributed by atoms with Gasteiger partial charge in [-0.15, -0.1) is 0 Å². The molecule has 0 radical (unpaired) electrons. The summed E-state index contributed by atoms with van der Waals surface area (Å²) >= 11 is 3.26. The van der Waals surface area contributed by atoms with Crippen LogP contribution in [0, 0.1) is 11.8 Å². The fourth-order valence-corrected chi connectivity index (χ4v) is 2.56. The van der Waals surface area contributed by atoms with Gasteiger partial charge in [-0.3, -0.25) is 4.79 Å². The van der Waals surface area contributed by atoms with Crippen molar-refractivity contribution in [1.29, 1.82) is 0 Å². The lowest BCUT2D eigenvalue weighted by Crippen LogP contribution is -2.37. The second-order valence-corrected chi connectivity index (χ2v) is 5.68. The van der Waals surface area contributed by atoms with Gasteiger partial charge in [0.15, 0.2) is 0 Å². The van der Waals surface area contributed by atoms with E-state index in [4.69, 9.17) is 0 Å². The second kappa shape index (κ2) is 5.17. The molecule has 1 aromatic rings. The Balaban J connectivity index is 2.00. The van der Waals surface area contributed by atoms with Crippen LogP contribution in [-0.4, -0.2) is 16.9 Å². The smallest absolute Gasteiger partial charge is 0.253 e. The first-order valence-electron chi connectivity index (χ1n) is 6.00. The van der Waals surface area contributed by atoms with Gasteiger partial charge >= 0.3 is 0 Å². The molecule has 1 N–H and O–H groups in total. The fourth-order valence-electron chi connectivity index (χ4n) is 2.33. The molecule has 0 aliphatic heterocycles. The highest BCUT2D eigenvalue weighted by molar-refractivity contribution is 9.10. The van der Waals surface area contributed by atoms with E-state index in [1.807, 2.05) is 0 Å². The molecule has 4 heteroatoms. The summed E-state index contributed by atoms with van der Waals surface area (Å²) in [5, 5.41) is 3.10. The number of nitrogens with one attached hydrogen (secondary N) is 1. The van der Waals surface area contributed by atoms with E-state index >= 15 is 0 Å². The summed E-state index contributed by atoms with van der Waals surface area (Å²) in [6, 6.07) is 3.88. The van der Waals surface area contributed by atoms with Crippen molar-refractivity contribution < 1.29 is 4.79 Å². The molecular formula is C13H17BrN2O. The lowest BCUT2D eigenvalue weighted by molar-refractivity contribution is 0.0927. The van der Waals surface area contributed by atoms with Crippen molar-refractivity contribution >= 4 is 21.8 Å². The number of rotatable bonds is 2. The minimum Gasteiger partial charge on any atom is -0.349 e. The standard InChI is InChI=1S/C13H17BrN2O/c1-8-3-5-11(9(8)2)16-13(17)10-4-6-12(14)15-7-10/h4,6-9,11H,3,5H2,1-2H3,(H,16,17). The summed E-state index contributed by atoms with van der Waals surface area (Å²) in [5.74, 6) is 1.24. The van der Waals surface area contributed by atoms with E-state index in [0.717, 1.165) is 11.0 Å². The Morgan fingerprint density at radius 3 is 2.71 bits per heavy atom. The van der Waals surface area contributed by atoms with Gasteiger partial charge in [0.2, 0.25) is 0 Å². The molecule has 3 nitrogen and oxygen atoms in total. The number of hydrogen-bond donors (Lipinski definition) is 1. The largest absolute Gasteiger partial charge is 0.349 e. The van der Waals surface area contributed by atoms with Crippen molar-refractivity contribution in [1.82, 2.24) is 10.3 Å². The van der Waals surface area contributed by atoms with E-state index in [0.29, 0.717) is 23.4 Å². The minimum atomic E-state index is -0.0176. The average Bonchev–Trinajstić information content (AvgIpc) is 2.62. The van der Waals surface area contributed by atoms with Crippen LogP contribution in [0.3, 0.4) is 0 Å². The van der Waals surface area contributed by atoms with Gasteiger partial charge in [-0.05, 0) is 52.7 Å². The number of hydrogen-bond acceptors (Lipinski definition) is 2. The normalized spacial score (nSPS) is 28.1. The highest BCUT2D eigenvalue weighted by Gasteiger charge is 2.30. The Hall–Kier alpha value is -0.900. The molecule has 1 aromatic heterocycles. The number of carbonyl (C=O) groups excluding carboxylic acids is 1. The molecule has 0 bridgehead atoms. The third-order valence-corrected chi connectivity index (χ3v) is 4.24. The van der Waals surface area contributed by atoms with Gasteiger partial charge in [0.25, 0.3) is 5.91 Å². The molecule has 3 atom stereocenters. The van der Waals surface area contributed by atoms with Gasteiger partial charge in [0, 0.05) is 12.2 Å². The summed E-state index contributed by atoms with van der Waals surface area (Å²) < 4.78 is 0.747. The first-order chi connectivity index (χ1) is 8.08. The van der Waals surface area contributed by atoms with Crippen LogP contribution in [0.1, 0.15) is 37.0 Å². The molecule has 1 fully saturated rings. The third kappa shape index (κ3) is 2.86. The quantitative estimate of drug-likeness (QED) is 0.853. The first-order valence-corrected chi connectivity index (χ1v) is 6.79. The predicted octanol–water partition coefficient (Wildman–Crippen LogP) is 3.01. The number of carbonyl (C=O) groups is 1. The van der Waals surface area contributed by atoms with Gasteiger partial charge in [-0.2, -0.15) is 0 Å². The van der Waals surface area contributed by atoms with Crippen molar-refractivity contribution in [3.05, 3.63) is 28.5 Å². The van der Waals surface area contributed by atoms with Crippen molar-refractivity contribution in [3.63, 3.8) is 0 Å². The Bertz CT molecular complexity index is 404. The highest BCUT2D eigenvalue weighted by atomic mass is 79.9. The molecule has 1 amide bonds. The Morgan fingerprint density at radius 1 is 1.41 bits per heavy atom. The molecule has 92 valence electrons. The van der Waals surface area contributed by atoms with Crippen molar-refractivity contribution in [2.24, 2.45) is 11.8 Å². The summed E-state index contributed by atoms with van der Waals surface area (Å²) in [4.78, 5) is 16.1. The fraction of sp³-hybridized carbons (Fsp3) is 0.538. The number of aromatic nitrogens is 1. The zero-order valence-corrected chi connectivity index (χ0v) is 11.7. The van der Waals surface area contributed by atoms with Crippen LogP contribution in [0.5, 0.6) is 0 Å². The number of amides is 1. The van der Waals surface area contributed by atoms with Crippen molar-refractivity contribution in [3.8, 4) is 0 Å². The summed E-state index contributed by atoms with van der Waals surface area (Å²) in [5.41, 5.74) is 0.625. The highest BCUT2D eigenvalue weighted by Crippen LogP contribution is 2.31. The molecule has 0 aromatic carbocycles. The van der Waals surface area contributed by atoms with Crippen LogP contribution in [-0.2, 0) is 0 Å². The van der Waals surface area contributed by atoms with Gasteiger partial charge in [-0.25, -0.2) is 4.98 Å². The number of halogens is 1. The number of nitrogens with zero attached hydrogens (tertiary/aromatic N) is 1. The maximum Gasteiger partial charge on any atom is 0.253 e. The van der Waals surface area contributed by atoms with Crippen molar-refractivity contribution in [2.45, 2.75) is 32.7 Å². The van der Waals surface area contributed by atoms with E-state index in [1.54, 1.807) is 18.3 Å². The monoisotopic (exact) mass is 296 g/mol. The predicted molar refractivity (Wildman–Crippen MR) is 70.8 cm³/mol. The van der Waals surface area contributed by atoms with Crippen LogP contribution in [0.15, 0.2) is 22.9 Å². The van der Waals surface area contributed by atoms with Gasteiger partial charge < -0.3 is 5.32 Å². The molecule has 1 aliphatic rings. The van der Waals surface area contributed by atoms with Gasteiger partial charge in [0.1, 0.15) is 4.60 Å². The summed E-state index contributed by atoms with van der Waals surface area (Å²) in [6.07, 6.45) is 3.88. The molecule has 17 heavy (non-hydrogen) atoms. The molecule has 0 spiro atoms. The van der Waals surface area contributed by atoms with E-state index in [1.165, 1.54) is 6.42 Å². The topological polar surface area (TPSA) is 42.0 Å². The molecule has 0 saturated heterocycles. The first kappa shape index (κ1) is 12.6. The van der Waals surface area contributed by atoms with Crippen LogP contribution in [0.25, 0.3) is 0 Å². The molecule has 1 aliphatic carbocycles. The van der Waals surface area contributed by atoms with Crippen LogP contribution in [0.2, 0.25) is 0 Å².